The third kappa shape index (κ3) is 2.43. The zero-order chi connectivity index (χ0) is 13.9. The first-order valence-corrected chi connectivity index (χ1v) is 6.26. The number of hydrogen-bond acceptors (Lipinski definition) is 6. The van der Waals surface area contributed by atoms with Crippen LogP contribution in [0.4, 0.5) is 0 Å². The van der Waals surface area contributed by atoms with E-state index in [0.29, 0.717) is 36.2 Å². The van der Waals surface area contributed by atoms with Crippen LogP contribution in [-0.2, 0) is 6.54 Å². The van der Waals surface area contributed by atoms with Gasteiger partial charge < -0.3 is 14.8 Å². The molecular formula is C13H14N6O. The number of hydrogen-bond donors (Lipinski definition) is 1. The lowest BCUT2D eigenvalue weighted by atomic mass is 10.3. The largest absolute Gasteiger partial charge is 0.335 e. The molecule has 7 nitrogen and oxygen atoms in total. The summed E-state index contributed by atoms with van der Waals surface area (Å²) in [6, 6.07) is 5.66. The third-order valence-corrected chi connectivity index (χ3v) is 2.78. The molecule has 0 aliphatic rings. The Balaban J connectivity index is 1.89. The van der Waals surface area contributed by atoms with Gasteiger partial charge in [-0.05, 0) is 19.1 Å². The molecule has 102 valence electrons. The molecule has 3 aromatic heterocycles. The van der Waals surface area contributed by atoms with Crippen molar-refractivity contribution in [3.05, 3.63) is 36.4 Å². The number of imidazole rings is 1. The van der Waals surface area contributed by atoms with Crippen LogP contribution in [0, 0.1) is 6.92 Å². The fourth-order valence-corrected chi connectivity index (χ4v) is 1.84. The van der Waals surface area contributed by atoms with Gasteiger partial charge in [-0.25, -0.2) is 9.97 Å². The van der Waals surface area contributed by atoms with Gasteiger partial charge in [-0.15, -0.1) is 0 Å². The van der Waals surface area contributed by atoms with Crippen molar-refractivity contribution in [3.63, 3.8) is 0 Å². The van der Waals surface area contributed by atoms with Crippen molar-refractivity contribution in [3.8, 4) is 23.1 Å². The molecule has 20 heavy (non-hydrogen) atoms. The summed E-state index contributed by atoms with van der Waals surface area (Å²) < 4.78 is 7.11. The fraction of sp³-hybridized carbons (Fsp3) is 0.231. The minimum atomic E-state index is 0.374. The van der Waals surface area contributed by atoms with Gasteiger partial charge in [-0.3, -0.25) is 0 Å². The molecule has 3 rings (SSSR count). The lowest BCUT2D eigenvalue weighted by molar-refractivity contribution is 0.431. The number of pyridine rings is 1. The summed E-state index contributed by atoms with van der Waals surface area (Å²) in [6.07, 6.45) is 3.52. The van der Waals surface area contributed by atoms with E-state index in [-0.39, 0.29) is 0 Å². The molecule has 0 aromatic carbocycles. The maximum Gasteiger partial charge on any atom is 0.278 e. The van der Waals surface area contributed by atoms with Crippen LogP contribution in [0.1, 0.15) is 5.69 Å². The SMILES string of the molecule is Cc1cccc(-c2noc(-c3cn(CCN)cn3)n2)n1. The summed E-state index contributed by atoms with van der Waals surface area (Å²) in [5.41, 5.74) is 7.71. The topological polar surface area (TPSA) is 95.7 Å². The van der Waals surface area contributed by atoms with Gasteiger partial charge in [0.25, 0.3) is 5.89 Å². The Labute approximate surface area is 115 Å². The van der Waals surface area contributed by atoms with Gasteiger partial charge in [0, 0.05) is 25.0 Å². The molecular weight excluding hydrogens is 256 g/mol. The summed E-state index contributed by atoms with van der Waals surface area (Å²) in [7, 11) is 0. The van der Waals surface area contributed by atoms with Crippen LogP contribution in [0.3, 0.4) is 0 Å². The van der Waals surface area contributed by atoms with E-state index in [2.05, 4.69) is 20.1 Å². The third-order valence-electron chi connectivity index (χ3n) is 2.78. The maximum absolute atomic E-state index is 5.49. The molecule has 0 saturated carbocycles. The van der Waals surface area contributed by atoms with E-state index in [1.807, 2.05) is 35.9 Å². The van der Waals surface area contributed by atoms with Gasteiger partial charge in [0.2, 0.25) is 5.82 Å². The standard InChI is InChI=1S/C13H14N6O/c1-9-3-2-4-10(16-9)12-17-13(20-18-12)11-7-19(6-5-14)8-15-11/h2-4,7-8H,5-6,14H2,1H3. The number of nitrogens with two attached hydrogens (primary N) is 1. The lowest BCUT2D eigenvalue weighted by Crippen LogP contribution is -2.07. The molecule has 0 atom stereocenters. The van der Waals surface area contributed by atoms with Gasteiger partial charge in [-0.1, -0.05) is 11.2 Å². The first-order chi connectivity index (χ1) is 9.76. The fourth-order valence-electron chi connectivity index (χ4n) is 1.84. The molecule has 7 heteroatoms. The molecule has 0 saturated heterocycles. The summed E-state index contributed by atoms with van der Waals surface area (Å²) in [5, 5.41) is 3.94. The molecule has 0 bridgehead atoms. The molecule has 0 fully saturated rings. The normalized spacial score (nSPS) is 10.9. The molecule has 3 heterocycles. The highest BCUT2D eigenvalue weighted by molar-refractivity contribution is 5.53. The van der Waals surface area contributed by atoms with Crippen LogP contribution in [0.25, 0.3) is 23.1 Å². The lowest BCUT2D eigenvalue weighted by Gasteiger charge is -1.94. The molecule has 0 aliphatic carbocycles. The molecule has 3 aromatic rings. The van der Waals surface area contributed by atoms with Crippen LogP contribution >= 0.6 is 0 Å². The number of aromatic nitrogens is 5. The quantitative estimate of drug-likeness (QED) is 0.766. The minimum absolute atomic E-state index is 0.374. The highest BCUT2D eigenvalue weighted by atomic mass is 16.5. The predicted octanol–water partition coefficient (Wildman–Crippen LogP) is 1.26. The van der Waals surface area contributed by atoms with Crippen molar-refractivity contribution in [1.29, 1.82) is 0 Å². The van der Waals surface area contributed by atoms with E-state index in [1.165, 1.54) is 0 Å². The number of rotatable bonds is 4. The van der Waals surface area contributed by atoms with Gasteiger partial charge in [0.15, 0.2) is 0 Å². The van der Waals surface area contributed by atoms with Crippen molar-refractivity contribution in [2.45, 2.75) is 13.5 Å². The van der Waals surface area contributed by atoms with E-state index < -0.39 is 0 Å². The first-order valence-electron chi connectivity index (χ1n) is 6.26. The predicted molar refractivity (Wildman–Crippen MR) is 72.5 cm³/mol. The average molecular weight is 270 g/mol. The molecule has 0 aliphatic heterocycles. The average Bonchev–Trinajstić information content (AvgIpc) is 3.07. The van der Waals surface area contributed by atoms with Crippen molar-refractivity contribution in [1.82, 2.24) is 24.7 Å². The van der Waals surface area contributed by atoms with E-state index >= 15 is 0 Å². The second-order valence-electron chi connectivity index (χ2n) is 4.37. The molecule has 0 amide bonds. The minimum Gasteiger partial charge on any atom is -0.335 e. The van der Waals surface area contributed by atoms with Crippen LogP contribution in [0.2, 0.25) is 0 Å². The Morgan fingerprint density at radius 1 is 1.25 bits per heavy atom. The zero-order valence-corrected chi connectivity index (χ0v) is 11.0. The van der Waals surface area contributed by atoms with Crippen molar-refractivity contribution < 1.29 is 4.52 Å². The zero-order valence-electron chi connectivity index (χ0n) is 11.0. The Hall–Kier alpha value is -2.54. The summed E-state index contributed by atoms with van der Waals surface area (Å²) in [6.45, 7) is 3.17. The van der Waals surface area contributed by atoms with Gasteiger partial charge >= 0.3 is 0 Å². The number of aryl methyl sites for hydroxylation is 1. The summed E-state index contributed by atoms with van der Waals surface area (Å²) in [5.74, 6) is 0.830. The monoisotopic (exact) mass is 270 g/mol. The Morgan fingerprint density at radius 2 is 2.15 bits per heavy atom. The van der Waals surface area contributed by atoms with Gasteiger partial charge in [0.1, 0.15) is 11.4 Å². The molecule has 0 spiro atoms. The maximum atomic E-state index is 5.49. The highest BCUT2D eigenvalue weighted by Gasteiger charge is 2.13. The smallest absolute Gasteiger partial charge is 0.278 e. The Kier molecular flexibility index (Phi) is 3.26. The highest BCUT2D eigenvalue weighted by Crippen LogP contribution is 2.19. The Bertz CT molecular complexity index is 717. The van der Waals surface area contributed by atoms with Gasteiger partial charge in [-0.2, -0.15) is 4.98 Å². The van der Waals surface area contributed by atoms with Crippen LogP contribution in [0.5, 0.6) is 0 Å². The first kappa shape index (κ1) is 12.5. The van der Waals surface area contributed by atoms with E-state index in [4.69, 9.17) is 10.3 Å². The van der Waals surface area contributed by atoms with E-state index in [9.17, 15) is 0 Å². The van der Waals surface area contributed by atoms with Crippen LogP contribution < -0.4 is 5.73 Å². The van der Waals surface area contributed by atoms with Crippen molar-refractivity contribution in [2.24, 2.45) is 5.73 Å². The van der Waals surface area contributed by atoms with Crippen LogP contribution in [-0.4, -0.2) is 31.2 Å². The van der Waals surface area contributed by atoms with Crippen molar-refractivity contribution >= 4 is 0 Å². The summed E-state index contributed by atoms with van der Waals surface area (Å²) in [4.78, 5) is 12.9. The second kappa shape index (κ2) is 5.22. The molecule has 0 radical (unpaired) electrons. The van der Waals surface area contributed by atoms with Gasteiger partial charge in [0.05, 0.1) is 6.33 Å². The Morgan fingerprint density at radius 3 is 2.95 bits per heavy atom. The van der Waals surface area contributed by atoms with Crippen molar-refractivity contribution in [2.75, 3.05) is 6.54 Å². The molecule has 0 unspecified atom stereocenters. The molecule has 2 N–H and O–H groups in total. The van der Waals surface area contributed by atoms with Crippen LogP contribution in [0.15, 0.2) is 35.2 Å². The van der Waals surface area contributed by atoms with E-state index in [1.54, 1.807) is 6.33 Å². The second-order valence-corrected chi connectivity index (χ2v) is 4.37. The summed E-state index contributed by atoms with van der Waals surface area (Å²) >= 11 is 0. The number of nitrogens with zero attached hydrogens (tertiary/aromatic N) is 5. The van der Waals surface area contributed by atoms with E-state index in [0.717, 1.165) is 5.69 Å².